The van der Waals surface area contributed by atoms with E-state index in [9.17, 15) is 9.90 Å². The third-order valence-corrected chi connectivity index (χ3v) is 5.34. The number of aromatic nitrogens is 2. The highest BCUT2D eigenvalue weighted by Gasteiger charge is 2.56. The fourth-order valence-electron chi connectivity index (χ4n) is 3.92. The maximum Gasteiger partial charge on any atom is 0.257 e. The van der Waals surface area contributed by atoms with Crippen LogP contribution in [-0.2, 0) is 11.8 Å². The van der Waals surface area contributed by atoms with Crippen molar-refractivity contribution in [2.45, 2.75) is 45.3 Å². The lowest BCUT2D eigenvalue weighted by molar-refractivity contribution is -0.207. The van der Waals surface area contributed by atoms with Crippen molar-refractivity contribution in [3.05, 3.63) is 17.5 Å². The summed E-state index contributed by atoms with van der Waals surface area (Å²) in [5, 5.41) is 14.5. The number of hydrogen-bond donors (Lipinski definition) is 1. The lowest BCUT2D eigenvalue weighted by Gasteiger charge is -2.56. The minimum Gasteiger partial charge on any atom is -0.392 e. The van der Waals surface area contributed by atoms with Gasteiger partial charge in [-0.3, -0.25) is 9.48 Å². The molecule has 2 fully saturated rings. The molecule has 1 saturated heterocycles. The summed E-state index contributed by atoms with van der Waals surface area (Å²) in [4.78, 5) is 14.5. The van der Waals surface area contributed by atoms with Crippen molar-refractivity contribution in [1.82, 2.24) is 14.7 Å². The Balaban J connectivity index is 1.67. The van der Waals surface area contributed by atoms with E-state index in [4.69, 9.17) is 4.74 Å². The SMILES string of the molecule is CCOC1CC(O)C12CCN(C(=O)c1cn(C)nc1C)CC2. The van der Waals surface area contributed by atoms with Gasteiger partial charge in [0.25, 0.3) is 5.91 Å². The number of carbonyl (C=O) groups is 1. The summed E-state index contributed by atoms with van der Waals surface area (Å²) in [7, 11) is 1.83. The molecule has 1 aliphatic carbocycles. The second-order valence-corrected chi connectivity index (χ2v) is 6.52. The molecule has 122 valence electrons. The maximum atomic E-state index is 12.6. The van der Waals surface area contributed by atoms with Crippen LogP contribution in [0.5, 0.6) is 0 Å². The smallest absolute Gasteiger partial charge is 0.257 e. The number of aliphatic hydroxyl groups excluding tert-OH is 1. The molecular weight excluding hydrogens is 282 g/mol. The predicted molar refractivity (Wildman–Crippen MR) is 81.6 cm³/mol. The largest absolute Gasteiger partial charge is 0.392 e. The second-order valence-electron chi connectivity index (χ2n) is 6.52. The van der Waals surface area contributed by atoms with Crippen LogP contribution in [0, 0.1) is 12.3 Å². The summed E-state index contributed by atoms with van der Waals surface area (Å²) in [6, 6.07) is 0. The Labute approximate surface area is 131 Å². The van der Waals surface area contributed by atoms with Gasteiger partial charge in [-0.25, -0.2) is 0 Å². The van der Waals surface area contributed by atoms with Crippen molar-refractivity contribution >= 4 is 5.91 Å². The van der Waals surface area contributed by atoms with E-state index in [1.54, 1.807) is 10.9 Å². The van der Waals surface area contributed by atoms with Crippen LogP contribution in [0.2, 0.25) is 0 Å². The number of amides is 1. The Morgan fingerprint density at radius 2 is 2.18 bits per heavy atom. The Kier molecular flexibility index (Phi) is 3.99. The molecule has 0 aromatic carbocycles. The van der Waals surface area contributed by atoms with Crippen LogP contribution >= 0.6 is 0 Å². The molecule has 1 aromatic rings. The zero-order valence-electron chi connectivity index (χ0n) is 13.6. The molecule has 2 unspecified atom stereocenters. The minimum atomic E-state index is -0.290. The van der Waals surface area contributed by atoms with Gasteiger partial charge in [-0.1, -0.05) is 0 Å². The van der Waals surface area contributed by atoms with Crippen LogP contribution < -0.4 is 0 Å². The van der Waals surface area contributed by atoms with Gasteiger partial charge in [0.1, 0.15) is 0 Å². The summed E-state index contributed by atoms with van der Waals surface area (Å²) in [5.41, 5.74) is 1.30. The average Bonchev–Trinajstić information content (AvgIpc) is 2.85. The van der Waals surface area contributed by atoms with Crippen molar-refractivity contribution in [3.8, 4) is 0 Å². The number of nitrogens with zero attached hydrogens (tertiary/aromatic N) is 3. The number of piperidine rings is 1. The Morgan fingerprint density at radius 1 is 1.50 bits per heavy atom. The number of ether oxygens (including phenoxy) is 1. The molecule has 1 saturated carbocycles. The van der Waals surface area contributed by atoms with E-state index in [1.807, 2.05) is 25.8 Å². The third kappa shape index (κ3) is 2.34. The molecular formula is C16H25N3O3. The zero-order valence-corrected chi connectivity index (χ0v) is 13.6. The van der Waals surface area contributed by atoms with Crippen molar-refractivity contribution in [1.29, 1.82) is 0 Å². The first-order valence-corrected chi connectivity index (χ1v) is 8.07. The number of rotatable bonds is 3. The number of aliphatic hydroxyl groups is 1. The molecule has 6 nitrogen and oxygen atoms in total. The lowest BCUT2D eigenvalue weighted by atomic mass is 9.58. The van der Waals surface area contributed by atoms with E-state index in [-0.39, 0.29) is 23.5 Å². The molecule has 2 atom stereocenters. The molecule has 22 heavy (non-hydrogen) atoms. The van der Waals surface area contributed by atoms with Crippen LogP contribution in [0.3, 0.4) is 0 Å². The van der Waals surface area contributed by atoms with Gasteiger partial charge in [0.05, 0.1) is 23.5 Å². The number of aryl methyl sites for hydroxylation is 2. The Hall–Kier alpha value is -1.40. The van der Waals surface area contributed by atoms with E-state index in [1.165, 1.54) is 0 Å². The van der Waals surface area contributed by atoms with Crippen molar-refractivity contribution < 1.29 is 14.6 Å². The van der Waals surface area contributed by atoms with Gasteiger partial charge in [0.15, 0.2) is 0 Å². The molecule has 1 aliphatic heterocycles. The van der Waals surface area contributed by atoms with Gasteiger partial charge in [-0.15, -0.1) is 0 Å². The van der Waals surface area contributed by atoms with Gasteiger partial charge in [0, 0.05) is 44.8 Å². The van der Waals surface area contributed by atoms with Crippen LogP contribution in [0.1, 0.15) is 42.2 Å². The molecule has 1 aromatic heterocycles. The second kappa shape index (κ2) is 5.66. The topological polar surface area (TPSA) is 67.6 Å². The molecule has 1 N–H and O–H groups in total. The molecule has 1 spiro atoms. The minimum absolute atomic E-state index is 0.0437. The Bertz CT molecular complexity index is 559. The van der Waals surface area contributed by atoms with Gasteiger partial charge < -0.3 is 14.7 Å². The molecule has 1 amide bonds. The first-order valence-electron chi connectivity index (χ1n) is 8.07. The third-order valence-electron chi connectivity index (χ3n) is 5.34. The standard InChI is InChI=1S/C16H25N3O3/c1-4-22-14-9-13(20)16(14)5-7-19(8-6-16)15(21)12-10-18(3)17-11(12)2/h10,13-14,20H,4-9H2,1-3H3. The normalized spacial score (nSPS) is 27.0. The van der Waals surface area contributed by atoms with Crippen LogP contribution in [0.4, 0.5) is 0 Å². The van der Waals surface area contributed by atoms with E-state index >= 15 is 0 Å². The fourth-order valence-corrected chi connectivity index (χ4v) is 3.92. The van der Waals surface area contributed by atoms with E-state index < -0.39 is 0 Å². The van der Waals surface area contributed by atoms with Gasteiger partial charge >= 0.3 is 0 Å². The van der Waals surface area contributed by atoms with Crippen molar-refractivity contribution in [3.63, 3.8) is 0 Å². The molecule has 2 aliphatic rings. The number of likely N-dealkylation sites (tertiary alicyclic amines) is 1. The van der Waals surface area contributed by atoms with Crippen LogP contribution in [-0.4, -0.2) is 57.6 Å². The summed E-state index contributed by atoms with van der Waals surface area (Å²) in [6.45, 7) is 5.87. The highest BCUT2D eigenvalue weighted by atomic mass is 16.5. The summed E-state index contributed by atoms with van der Waals surface area (Å²) in [6.07, 6.45) is 3.98. The highest BCUT2D eigenvalue weighted by molar-refractivity contribution is 5.95. The monoisotopic (exact) mass is 307 g/mol. The first kappa shape index (κ1) is 15.5. The molecule has 6 heteroatoms. The number of hydrogen-bond acceptors (Lipinski definition) is 4. The van der Waals surface area contributed by atoms with Crippen LogP contribution in [0.15, 0.2) is 6.20 Å². The number of carbonyl (C=O) groups excluding carboxylic acids is 1. The van der Waals surface area contributed by atoms with E-state index in [0.717, 1.165) is 25.0 Å². The summed E-state index contributed by atoms with van der Waals surface area (Å²) in [5.74, 6) is 0.0437. The van der Waals surface area contributed by atoms with Crippen LogP contribution in [0.25, 0.3) is 0 Å². The summed E-state index contributed by atoms with van der Waals surface area (Å²) >= 11 is 0. The Morgan fingerprint density at radius 3 is 2.68 bits per heavy atom. The van der Waals surface area contributed by atoms with E-state index in [0.29, 0.717) is 25.3 Å². The van der Waals surface area contributed by atoms with Gasteiger partial charge in [-0.05, 0) is 26.7 Å². The molecule has 0 bridgehead atoms. The van der Waals surface area contributed by atoms with Gasteiger partial charge in [-0.2, -0.15) is 5.10 Å². The van der Waals surface area contributed by atoms with E-state index in [2.05, 4.69) is 5.10 Å². The highest BCUT2D eigenvalue weighted by Crippen LogP contribution is 2.51. The molecule has 0 radical (unpaired) electrons. The molecule has 3 rings (SSSR count). The fraction of sp³-hybridized carbons (Fsp3) is 0.750. The average molecular weight is 307 g/mol. The zero-order chi connectivity index (χ0) is 15.9. The molecule has 2 heterocycles. The summed E-state index contributed by atoms with van der Waals surface area (Å²) < 4.78 is 7.44. The first-order chi connectivity index (χ1) is 10.5. The predicted octanol–water partition coefficient (Wildman–Crippen LogP) is 1.12. The van der Waals surface area contributed by atoms with Crippen molar-refractivity contribution in [2.75, 3.05) is 19.7 Å². The lowest BCUT2D eigenvalue weighted by Crippen LogP contribution is -2.62. The van der Waals surface area contributed by atoms with Crippen molar-refractivity contribution in [2.24, 2.45) is 12.5 Å². The maximum absolute atomic E-state index is 12.6. The van der Waals surface area contributed by atoms with Gasteiger partial charge in [0.2, 0.25) is 0 Å². The quantitative estimate of drug-likeness (QED) is 0.909.